The Kier molecular flexibility index (Phi) is 6.73. The lowest BCUT2D eigenvalue weighted by atomic mass is 9.89. The minimum absolute atomic E-state index is 0.425. The standard InChI is InChI=1S/C21H36N6/c22-27-13-12-23-18-8-1-2-9-19(18)24-14-16-6-5-7-17(26-16)15-25-20-10-3-4-11-21(20)27/h5-7,18-21,23-25H,1-4,8-15,22H2/t18-,19-,20-,21-/m1/s1. The molecule has 1 aromatic heterocycles. The van der Waals surface area contributed by atoms with Crippen LogP contribution in [-0.4, -0.2) is 47.2 Å². The van der Waals surface area contributed by atoms with Gasteiger partial charge < -0.3 is 16.0 Å². The molecule has 3 aliphatic rings. The van der Waals surface area contributed by atoms with E-state index in [4.69, 9.17) is 10.8 Å². The van der Waals surface area contributed by atoms with Gasteiger partial charge in [-0.25, -0.2) is 5.01 Å². The number of fused-ring (bicyclic) bond motifs is 4. The van der Waals surface area contributed by atoms with Crippen LogP contribution in [0.5, 0.6) is 0 Å². The van der Waals surface area contributed by atoms with E-state index in [-0.39, 0.29) is 0 Å². The molecule has 150 valence electrons. The summed E-state index contributed by atoms with van der Waals surface area (Å²) in [6.07, 6.45) is 10.1. The Hall–Kier alpha value is -1.05. The number of nitrogens with one attached hydrogen (secondary N) is 3. The summed E-state index contributed by atoms with van der Waals surface area (Å²) in [5.41, 5.74) is 2.28. The van der Waals surface area contributed by atoms with Gasteiger partial charge in [-0.3, -0.25) is 10.8 Å². The van der Waals surface area contributed by atoms with E-state index in [2.05, 4.69) is 39.2 Å². The Morgan fingerprint density at radius 3 is 2.15 bits per heavy atom. The van der Waals surface area contributed by atoms with Crippen molar-refractivity contribution < 1.29 is 0 Å². The summed E-state index contributed by atoms with van der Waals surface area (Å²) in [4.78, 5) is 4.89. The van der Waals surface area contributed by atoms with Crippen molar-refractivity contribution in [2.45, 2.75) is 88.6 Å². The van der Waals surface area contributed by atoms with Gasteiger partial charge in [0.1, 0.15) is 0 Å². The van der Waals surface area contributed by atoms with Crippen LogP contribution in [0.1, 0.15) is 62.8 Å². The maximum Gasteiger partial charge on any atom is 0.0545 e. The lowest BCUT2D eigenvalue weighted by Crippen LogP contribution is -2.57. The normalized spacial score (nSPS) is 34.0. The molecule has 0 unspecified atom stereocenters. The molecule has 6 heteroatoms. The first kappa shape index (κ1) is 19.3. The molecule has 4 rings (SSSR count). The molecule has 27 heavy (non-hydrogen) atoms. The molecule has 0 amide bonds. The maximum absolute atomic E-state index is 6.52. The Bertz CT molecular complexity index is 594. The second-order valence-electron chi connectivity index (χ2n) is 8.53. The third-order valence-corrected chi connectivity index (χ3v) is 6.65. The van der Waals surface area contributed by atoms with Crippen molar-refractivity contribution in [3.05, 3.63) is 29.6 Å². The van der Waals surface area contributed by atoms with Crippen molar-refractivity contribution >= 4 is 0 Å². The van der Waals surface area contributed by atoms with Crippen LogP contribution in [0, 0.1) is 0 Å². The van der Waals surface area contributed by atoms with Gasteiger partial charge in [-0.15, -0.1) is 0 Å². The first-order valence-corrected chi connectivity index (χ1v) is 11.0. The summed E-state index contributed by atoms with van der Waals surface area (Å²) in [5, 5.41) is 13.4. The average molecular weight is 373 g/mol. The van der Waals surface area contributed by atoms with Gasteiger partial charge in [0.15, 0.2) is 0 Å². The van der Waals surface area contributed by atoms with Crippen LogP contribution in [0.2, 0.25) is 0 Å². The molecule has 2 saturated carbocycles. The van der Waals surface area contributed by atoms with E-state index in [1.165, 1.54) is 51.4 Å². The molecule has 2 heterocycles. The van der Waals surface area contributed by atoms with Gasteiger partial charge >= 0.3 is 0 Å². The Balaban J connectivity index is 1.51. The first-order valence-electron chi connectivity index (χ1n) is 11.0. The molecular formula is C21H36N6. The van der Waals surface area contributed by atoms with Crippen LogP contribution in [0.4, 0.5) is 0 Å². The van der Waals surface area contributed by atoms with Crippen LogP contribution in [0.25, 0.3) is 0 Å². The first-order chi connectivity index (χ1) is 13.3. The lowest BCUT2D eigenvalue weighted by molar-refractivity contribution is 0.119. The minimum atomic E-state index is 0.425. The molecule has 0 spiro atoms. The largest absolute Gasteiger partial charge is 0.311 e. The SMILES string of the molecule is NN1CCN[C@@H]2CCCC[C@H]2NCc2cccc(n2)CN[C@@H]2CCCC[C@H]21. The number of hydrogen-bond acceptors (Lipinski definition) is 6. The van der Waals surface area contributed by atoms with Crippen LogP contribution < -0.4 is 21.8 Å². The second-order valence-corrected chi connectivity index (χ2v) is 8.53. The number of hydrazine groups is 1. The highest BCUT2D eigenvalue weighted by Crippen LogP contribution is 2.23. The molecule has 5 N–H and O–H groups in total. The van der Waals surface area contributed by atoms with E-state index in [1.54, 1.807) is 0 Å². The van der Waals surface area contributed by atoms with E-state index >= 15 is 0 Å². The van der Waals surface area contributed by atoms with Crippen LogP contribution in [-0.2, 0) is 13.1 Å². The molecule has 4 atom stereocenters. The minimum Gasteiger partial charge on any atom is -0.311 e. The fourth-order valence-corrected chi connectivity index (χ4v) is 5.11. The van der Waals surface area contributed by atoms with Crippen molar-refractivity contribution in [2.24, 2.45) is 5.84 Å². The fourth-order valence-electron chi connectivity index (χ4n) is 5.11. The van der Waals surface area contributed by atoms with Gasteiger partial charge in [0.25, 0.3) is 0 Å². The van der Waals surface area contributed by atoms with Crippen molar-refractivity contribution in [2.75, 3.05) is 13.1 Å². The summed E-state index contributed by atoms with van der Waals surface area (Å²) in [7, 11) is 0. The number of rotatable bonds is 0. The van der Waals surface area contributed by atoms with Crippen LogP contribution in [0.3, 0.4) is 0 Å². The van der Waals surface area contributed by atoms with Gasteiger partial charge in [-0.2, -0.15) is 0 Å². The van der Waals surface area contributed by atoms with Gasteiger partial charge in [-0.1, -0.05) is 31.7 Å². The molecule has 0 aromatic carbocycles. The predicted octanol–water partition coefficient (Wildman–Crippen LogP) is 1.66. The van der Waals surface area contributed by atoms with E-state index in [9.17, 15) is 0 Å². The van der Waals surface area contributed by atoms with E-state index in [0.717, 1.165) is 37.6 Å². The highest BCUT2D eigenvalue weighted by Gasteiger charge is 2.29. The van der Waals surface area contributed by atoms with Crippen LogP contribution >= 0.6 is 0 Å². The van der Waals surface area contributed by atoms with Gasteiger partial charge in [-0.05, 0) is 37.8 Å². The molecule has 1 aliphatic heterocycles. The average Bonchev–Trinajstić information content (AvgIpc) is 2.71. The summed E-state index contributed by atoms with van der Waals surface area (Å²) >= 11 is 0. The van der Waals surface area contributed by atoms with Crippen molar-refractivity contribution in [1.82, 2.24) is 25.9 Å². The van der Waals surface area contributed by atoms with Crippen molar-refractivity contribution in [3.63, 3.8) is 0 Å². The number of nitrogens with zero attached hydrogens (tertiary/aromatic N) is 2. The summed E-state index contributed by atoms with van der Waals surface area (Å²) in [6.45, 7) is 3.56. The van der Waals surface area contributed by atoms with E-state index < -0.39 is 0 Å². The zero-order valence-electron chi connectivity index (χ0n) is 16.5. The predicted molar refractivity (Wildman–Crippen MR) is 109 cm³/mol. The Morgan fingerprint density at radius 2 is 1.41 bits per heavy atom. The lowest BCUT2D eigenvalue weighted by Gasteiger charge is -2.38. The third kappa shape index (κ3) is 5.06. The third-order valence-electron chi connectivity index (χ3n) is 6.65. The van der Waals surface area contributed by atoms with Gasteiger partial charge in [0.2, 0.25) is 0 Å². The quantitative estimate of drug-likeness (QED) is 0.519. The molecule has 2 aliphatic carbocycles. The Morgan fingerprint density at radius 1 is 0.815 bits per heavy atom. The summed E-state index contributed by atoms with van der Waals surface area (Å²) in [5.74, 6) is 6.52. The van der Waals surface area contributed by atoms with E-state index in [1.807, 2.05) is 0 Å². The molecule has 6 nitrogen and oxygen atoms in total. The number of pyridine rings is 1. The van der Waals surface area contributed by atoms with Gasteiger partial charge in [0.05, 0.1) is 11.4 Å². The zero-order valence-corrected chi connectivity index (χ0v) is 16.5. The topological polar surface area (TPSA) is 78.2 Å². The smallest absolute Gasteiger partial charge is 0.0545 e. The van der Waals surface area contributed by atoms with Crippen LogP contribution in [0.15, 0.2) is 18.2 Å². The second kappa shape index (κ2) is 9.43. The molecule has 2 bridgehead atoms. The maximum atomic E-state index is 6.52. The molecule has 0 saturated heterocycles. The molecule has 1 aromatic rings. The van der Waals surface area contributed by atoms with Crippen molar-refractivity contribution in [3.8, 4) is 0 Å². The van der Waals surface area contributed by atoms with Gasteiger partial charge in [0, 0.05) is 50.3 Å². The van der Waals surface area contributed by atoms with E-state index in [0.29, 0.717) is 24.2 Å². The van der Waals surface area contributed by atoms with Crippen molar-refractivity contribution in [1.29, 1.82) is 0 Å². The molecule has 0 radical (unpaired) electrons. The number of nitrogens with two attached hydrogens (primary N) is 1. The molecule has 2 fully saturated rings. The molecular weight excluding hydrogens is 336 g/mol. The fraction of sp³-hybridized carbons (Fsp3) is 0.762. The number of aromatic nitrogens is 1. The number of hydrogen-bond donors (Lipinski definition) is 4. The highest BCUT2D eigenvalue weighted by atomic mass is 15.4. The summed E-state index contributed by atoms with van der Waals surface area (Å²) in [6, 6.07) is 8.38. The summed E-state index contributed by atoms with van der Waals surface area (Å²) < 4.78 is 0. The highest BCUT2D eigenvalue weighted by molar-refractivity contribution is 5.12. The Labute approximate surface area is 163 Å². The zero-order chi connectivity index (χ0) is 18.5. The monoisotopic (exact) mass is 372 g/mol.